The van der Waals surface area contributed by atoms with Crippen LogP contribution in [0.1, 0.15) is 18.4 Å². The van der Waals surface area contributed by atoms with Crippen molar-refractivity contribution in [2.75, 3.05) is 0 Å². The summed E-state index contributed by atoms with van der Waals surface area (Å²) in [6, 6.07) is 6.60. The van der Waals surface area contributed by atoms with Gasteiger partial charge in [0.2, 0.25) is 0 Å². The van der Waals surface area contributed by atoms with Crippen LogP contribution in [-0.2, 0) is 0 Å². The molecule has 0 spiro atoms. The Morgan fingerprint density at radius 1 is 1.09 bits per heavy atom. The first-order chi connectivity index (χ1) is 5.34. The lowest BCUT2D eigenvalue weighted by Crippen LogP contribution is -1.73. The van der Waals surface area contributed by atoms with Gasteiger partial charge < -0.3 is 0 Å². The van der Waals surface area contributed by atoms with Gasteiger partial charge in [-0.15, -0.1) is 0 Å². The van der Waals surface area contributed by atoms with E-state index < -0.39 is 0 Å². The fourth-order valence-corrected chi connectivity index (χ4v) is 1.01. The Morgan fingerprint density at radius 2 is 1.73 bits per heavy atom. The van der Waals surface area contributed by atoms with Crippen molar-refractivity contribution < 1.29 is 4.39 Å². The van der Waals surface area contributed by atoms with Crippen molar-refractivity contribution in [3.05, 3.63) is 41.2 Å². The Bertz CT molecular complexity index is 276. The maximum absolute atomic E-state index is 12.4. The molecule has 0 nitrogen and oxygen atoms in total. The van der Waals surface area contributed by atoms with Crippen LogP contribution in [-0.4, -0.2) is 0 Å². The molecule has 1 aliphatic rings. The van der Waals surface area contributed by atoms with Gasteiger partial charge in [-0.25, -0.2) is 4.39 Å². The minimum atomic E-state index is -0.164. The van der Waals surface area contributed by atoms with Gasteiger partial charge in [0.05, 0.1) is 0 Å². The normalized spacial score (nSPS) is 14.8. The summed E-state index contributed by atoms with van der Waals surface area (Å²) >= 11 is 0. The van der Waals surface area contributed by atoms with Crippen molar-refractivity contribution in [1.82, 2.24) is 0 Å². The molecule has 1 heteroatoms. The summed E-state index contributed by atoms with van der Waals surface area (Å²) in [6.45, 7) is 0. The number of rotatable bonds is 1. The number of benzene rings is 1. The van der Waals surface area contributed by atoms with E-state index in [2.05, 4.69) is 6.08 Å². The predicted molar refractivity (Wildman–Crippen MR) is 43.6 cm³/mol. The van der Waals surface area contributed by atoms with E-state index in [1.807, 2.05) is 0 Å². The first-order valence-electron chi connectivity index (χ1n) is 3.79. The zero-order valence-corrected chi connectivity index (χ0v) is 6.18. The van der Waals surface area contributed by atoms with Gasteiger partial charge in [-0.1, -0.05) is 23.8 Å². The monoisotopic (exact) mass is 148 g/mol. The van der Waals surface area contributed by atoms with Crippen LogP contribution < -0.4 is 0 Å². The molecular weight excluding hydrogens is 139 g/mol. The van der Waals surface area contributed by atoms with E-state index in [1.54, 1.807) is 12.1 Å². The maximum atomic E-state index is 12.4. The Hall–Kier alpha value is -1.11. The molecule has 1 saturated carbocycles. The summed E-state index contributed by atoms with van der Waals surface area (Å²) in [7, 11) is 0. The van der Waals surface area contributed by atoms with Crippen molar-refractivity contribution >= 4 is 6.08 Å². The van der Waals surface area contributed by atoms with Crippen LogP contribution >= 0.6 is 0 Å². The van der Waals surface area contributed by atoms with Crippen molar-refractivity contribution in [3.63, 3.8) is 0 Å². The van der Waals surface area contributed by atoms with Crippen LogP contribution in [0.3, 0.4) is 0 Å². The lowest BCUT2D eigenvalue weighted by atomic mass is 10.2. The Morgan fingerprint density at radius 3 is 2.27 bits per heavy atom. The predicted octanol–water partition coefficient (Wildman–Crippen LogP) is 3.00. The van der Waals surface area contributed by atoms with E-state index in [0.717, 1.165) is 5.56 Å². The summed E-state index contributed by atoms with van der Waals surface area (Å²) in [5.74, 6) is -0.164. The first-order valence-corrected chi connectivity index (χ1v) is 3.79. The Kier molecular flexibility index (Phi) is 1.50. The molecule has 0 unspecified atom stereocenters. The molecule has 0 amide bonds. The first kappa shape index (κ1) is 6.59. The van der Waals surface area contributed by atoms with Crippen LogP contribution in [0.4, 0.5) is 4.39 Å². The second-order valence-corrected chi connectivity index (χ2v) is 2.85. The van der Waals surface area contributed by atoms with Gasteiger partial charge in [-0.2, -0.15) is 0 Å². The van der Waals surface area contributed by atoms with Gasteiger partial charge in [0.15, 0.2) is 0 Å². The second-order valence-electron chi connectivity index (χ2n) is 2.85. The molecule has 0 N–H and O–H groups in total. The highest BCUT2D eigenvalue weighted by Gasteiger charge is 2.09. The van der Waals surface area contributed by atoms with Gasteiger partial charge in [0.1, 0.15) is 5.82 Å². The lowest BCUT2D eigenvalue weighted by Gasteiger charge is -1.90. The SMILES string of the molecule is Fc1ccc(C=C2CC2)cc1. The summed E-state index contributed by atoms with van der Waals surface area (Å²) in [5.41, 5.74) is 2.58. The fraction of sp³-hybridized carbons (Fsp3) is 0.200. The quantitative estimate of drug-likeness (QED) is 0.574. The molecule has 0 aromatic heterocycles. The van der Waals surface area contributed by atoms with Gasteiger partial charge in [-0.05, 0) is 30.5 Å². The van der Waals surface area contributed by atoms with E-state index in [0.29, 0.717) is 0 Å². The maximum Gasteiger partial charge on any atom is 0.123 e. The lowest BCUT2D eigenvalue weighted by molar-refractivity contribution is 0.628. The molecule has 1 aliphatic carbocycles. The van der Waals surface area contributed by atoms with E-state index >= 15 is 0 Å². The smallest absolute Gasteiger partial charge is 0.123 e. The highest BCUT2D eigenvalue weighted by atomic mass is 19.1. The highest BCUT2D eigenvalue weighted by molar-refractivity contribution is 5.56. The van der Waals surface area contributed by atoms with Gasteiger partial charge in [0, 0.05) is 0 Å². The van der Waals surface area contributed by atoms with Gasteiger partial charge in [-0.3, -0.25) is 0 Å². The van der Waals surface area contributed by atoms with Crippen LogP contribution in [0.25, 0.3) is 6.08 Å². The van der Waals surface area contributed by atoms with E-state index in [4.69, 9.17) is 0 Å². The molecule has 0 radical (unpaired) electrons. The minimum absolute atomic E-state index is 0.164. The third-order valence-electron chi connectivity index (χ3n) is 1.78. The van der Waals surface area contributed by atoms with Gasteiger partial charge in [0.25, 0.3) is 0 Å². The van der Waals surface area contributed by atoms with Crippen molar-refractivity contribution in [2.24, 2.45) is 0 Å². The third-order valence-corrected chi connectivity index (χ3v) is 1.78. The molecule has 0 saturated heterocycles. The van der Waals surface area contributed by atoms with Crippen molar-refractivity contribution in [3.8, 4) is 0 Å². The van der Waals surface area contributed by atoms with Gasteiger partial charge >= 0.3 is 0 Å². The number of hydrogen-bond acceptors (Lipinski definition) is 0. The zero-order valence-electron chi connectivity index (χ0n) is 6.18. The average molecular weight is 148 g/mol. The number of hydrogen-bond donors (Lipinski definition) is 0. The Labute approximate surface area is 65.4 Å². The van der Waals surface area contributed by atoms with Crippen LogP contribution in [0.2, 0.25) is 0 Å². The molecule has 0 atom stereocenters. The molecule has 0 aliphatic heterocycles. The Balaban J connectivity index is 2.25. The summed E-state index contributed by atoms with van der Waals surface area (Å²) < 4.78 is 12.4. The average Bonchev–Trinajstić information content (AvgIpc) is 2.78. The van der Waals surface area contributed by atoms with Crippen molar-refractivity contribution in [1.29, 1.82) is 0 Å². The number of allylic oxidation sites excluding steroid dienone is 1. The topological polar surface area (TPSA) is 0 Å². The van der Waals surface area contributed by atoms with Crippen LogP contribution in [0.15, 0.2) is 29.8 Å². The molecule has 1 aromatic carbocycles. The molecule has 0 heterocycles. The second kappa shape index (κ2) is 2.50. The van der Waals surface area contributed by atoms with E-state index in [1.165, 1.54) is 30.5 Å². The largest absolute Gasteiger partial charge is 0.207 e. The van der Waals surface area contributed by atoms with E-state index in [-0.39, 0.29) is 5.82 Å². The molecule has 11 heavy (non-hydrogen) atoms. The molecule has 2 rings (SSSR count). The number of halogens is 1. The highest BCUT2D eigenvalue weighted by Crippen LogP contribution is 2.29. The fourth-order valence-electron chi connectivity index (χ4n) is 1.01. The summed E-state index contributed by atoms with van der Waals surface area (Å²) in [4.78, 5) is 0. The summed E-state index contributed by atoms with van der Waals surface area (Å²) in [6.07, 6.45) is 4.56. The molecule has 56 valence electrons. The molecular formula is C10H9F. The van der Waals surface area contributed by atoms with E-state index in [9.17, 15) is 4.39 Å². The van der Waals surface area contributed by atoms with Crippen LogP contribution in [0.5, 0.6) is 0 Å². The van der Waals surface area contributed by atoms with Crippen molar-refractivity contribution in [2.45, 2.75) is 12.8 Å². The van der Waals surface area contributed by atoms with Crippen LogP contribution in [0, 0.1) is 5.82 Å². The third kappa shape index (κ3) is 1.67. The molecule has 0 bridgehead atoms. The minimum Gasteiger partial charge on any atom is -0.207 e. The molecule has 1 fully saturated rings. The summed E-state index contributed by atoms with van der Waals surface area (Å²) in [5, 5.41) is 0. The standard InChI is InChI=1S/C10H9F/c11-10-5-3-9(4-6-10)7-8-1-2-8/h3-7H,1-2H2. The zero-order chi connectivity index (χ0) is 7.68. The molecule has 1 aromatic rings.